The van der Waals surface area contributed by atoms with E-state index in [1.54, 1.807) is 6.92 Å². The Bertz CT molecular complexity index is 398. The summed E-state index contributed by atoms with van der Waals surface area (Å²) in [6.07, 6.45) is -0.671. The molecule has 0 radical (unpaired) electrons. The lowest BCUT2D eigenvalue weighted by atomic mass is 10.1. The number of carbonyl (C=O) groups is 1. The minimum Gasteiger partial charge on any atom is -0.394 e. The van der Waals surface area contributed by atoms with Gasteiger partial charge in [0.05, 0.1) is 12.2 Å². The summed E-state index contributed by atoms with van der Waals surface area (Å²) in [4.78, 5) is 12.2. The molecule has 2 atom stereocenters. The Balaban J connectivity index is 2.90. The Kier molecular flexibility index (Phi) is 5.51. The van der Waals surface area contributed by atoms with Crippen molar-refractivity contribution in [3.05, 3.63) is 35.9 Å². The highest BCUT2D eigenvalue weighted by Gasteiger charge is 2.27. The second-order valence-corrected chi connectivity index (χ2v) is 5.61. The first-order valence-electron chi connectivity index (χ1n) is 6.47. The first-order valence-corrected chi connectivity index (χ1v) is 6.47. The first-order chi connectivity index (χ1) is 8.83. The third-order valence-electron chi connectivity index (χ3n) is 2.47. The summed E-state index contributed by atoms with van der Waals surface area (Å²) in [5.74, 6) is -0.234. The van der Waals surface area contributed by atoms with E-state index in [9.17, 15) is 4.79 Å². The van der Waals surface area contributed by atoms with Crippen LogP contribution in [0.25, 0.3) is 0 Å². The molecule has 19 heavy (non-hydrogen) atoms. The summed E-state index contributed by atoms with van der Waals surface area (Å²) in [6.45, 7) is 7.38. The lowest BCUT2D eigenvalue weighted by Gasteiger charge is -2.28. The van der Waals surface area contributed by atoms with Crippen molar-refractivity contribution < 1.29 is 14.6 Å². The van der Waals surface area contributed by atoms with Gasteiger partial charge in [-0.05, 0) is 33.3 Å². The van der Waals surface area contributed by atoms with Crippen LogP contribution >= 0.6 is 0 Å². The molecule has 0 heterocycles. The van der Waals surface area contributed by atoms with Gasteiger partial charge in [0.2, 0.25) is 0 Å². The van der Waals surface area contributed by atoms with E-state index >= 15 is 0 Å². The second-order valence-electron chi connectivity index (χ2n) is 5.61. The summed E-state index contributed by atoms with van der Waals surface area (Å²) < 4.78 is 5.84. The van der Waals surface area contributed by atoms with Crippen LogP contribution in [-0.2, 0) is 9.53 Å². The van der Waals surface area contributed by atoms with Crippen molar-refractivity contribution in [3.8, 4) is 0 Å². The van der Waals surface area contributed by atoms with Crippen LogP contribution < -0.4 is 5.32 Å². The quantitative estimate of drug-likeness (QED) is 0.856. The molecule has 0 aliphatic carbocycles. The third kappa shape index (κ3) is 5.41. The lowest BCUT2D eigenvalue weighted by Crippen LogP contribution is -2.41. The fourth-order valence-electron chi connectivity index (χ4n) is 1.62. The van der Waals surface area contributed by atoms with Gasteiger partial charge in [-0.25, -0.2) is 0 Å². The maximum absolute atomic E-state index is 12.2. The van der Waals surface area contributed by atoms with Gasteiger partial charge in [0.1, 0.15) is 0 Å². The van der Waals surface area contributed by atoms with Crippen LogP contribution in [0.2, 0.25) is 0 Å². The second kappa shape index (κ2) is 6.68. The molecule has 1 aromatic rings. The zero-order valence-electron chi connectivity index (χ0n) is 12.0. The number of amides is 1. The topological polar surface area (TPSA) is 58.6 Å². The van der Waals surface area contributed by atoms with E-state index in [0.717, 1.165) is 5.56 Å². The number of aliphatic hydroxyl groups is 1. The number of aliphatic hydroxyl groups excluding tert-OH is 1. The maximum atomic E-state index is 12.2. The molecule has 4 heteroatoms. The molecule has 0 saturated carbocycles. The summed E-state index contributed by atoms with van der Waals surface area (Å²) >= 11 is 0. The summed E-state index contributed by atoms with van der Waals surface area (Å²) in [6, 6.07) is 9.07. The maximum Gasteiger partial charge on any atom is 0.254 e. The van der Waals surface area contributed by atoms with Crippen molar-refractivity contribution in [1.29, 1.82) is 0 Å². The molecule has 0 aliphatic rings. The molecular formula is C15H23NO3. The summed E-state index contributed by atoms with van der Waals surface area (Å²) in [5, 5.41) is 11.7. The lowest BCUT2D eigenvalue weighted by molar-refractivity contribution is -0.144. The average Bonchev–Trinajstić information content (AvgIpc) is 2.35. The molecule has 106 valence electrons. The van der Waals surface area contributed by atoms with Crippen LogP contribution in [0.5, 0.6) is 0 Å². The van der Waals surface area contributed by atoms with E-state index in [1.807, 2.05) is 51.1 Å². The number of benzene rings is 1. The highest BCUT2D eigenvalue weighted by atomic mass is 16.5. The molecule has 2 unspecified atom stereocenters. The average molecular weight is 265 g/mol. The van der Waals surface area contributed by atoms with E-state index in [-0.39, 0.29) is 18.6 Å². The van der Waals surface area contributed by atoms with Crippen molar-refractivity contribution in [2.24, 2.45) is 0 Å². The van der Waals surface area contributed by atoms with Gasteiger partial charge < -0.3 is 15.2 Å². The van der Waals surface area contributed by atoms with E-state index in [0.29, 0.717) is 0 Å². The SMILES string of the molecule is CC(CO)NC(=O)C(OC(C)(C)C)c1ccccc1. The summed E-state index contributed by atoms with van der Waals surface area (Å²) in [7, 11) is 0. The van der Waals surface area contributed by atoms with Crippen LogP contribution in [0.1, 0.15) is 39.4 Å². The first kappa shape index (κ1) is 15.7. The van der Waals surface area contributed by atoms with Crippen LogP contribution in [0.4, 0.5) is 0 Å². The molecule has 0 bridgehead atoms. The van der Waals surface area contributed by atoms with Crippen molar-refractivity contribution in [2.45, 2.75) is 45.4 Å². The van der Waals surface area contributed by atoms with E-state index < -0.39 is 11.7 Å². The van der Waals surface area contributed by atoms with E-state index in [2.05, 4.69) is 5.32 Å². The predicted octanol–water partition coefficient (Wildman–Crippen LogP) is 2.04. The van der Waals surface area contributed by atoms with Crippen LogP contribution in [0, 0.1) is 0 Å². The fourth-order valence-corrected chi connectivity index (χ4v) is 1.62. The smallest absolute Gasteiger partial charge is 0.254 e. The number of nitrogens with one attached hydrogen (secondary N) is 1. The number of hydrogen-bond acceptors (Lipinski definition) is 3. The van der Waals surface area contributed by atoms with Gasteiger partial charge >= 0.3 is 0 Å². The number of hydrogen-bond donors (Lipinski definition) is 2. The molecule has 1 amide bonds. The highest BCUT2D eigenvalue weighted by molar-refractivity contribution is 5.82. The molecular weight excluding hydrogens is 242 g/mol. The van der Waals surface area contributed by atoms with E-state index in [1.165, 1.54) is 0 Å². The Morgan fingerprint density at radius 3 is 2.37 bits per heavy atom. The molecule has 1 aromatic carbocycles. The van der Waals surface area contributed by atoms with Crippen LogP contribution in [0.3, 0.4) is 0 Å². The molecule has 0 saturated heterocycles. The zero-order valence-corrected chi connectivity index (χ0v) is 12.0. The standard InChI is InChI=1S/C15H23NO3/c1-11(10-17)16-14(18)13(19-15(2,3)4)12-8-6-5-7-9-12/h5-9,11,13,17H,10H2,1-4H3,(H,16,18). The van der Waals surface area contributed by atoms with E-state index in [4.69, 9.17) is 9.84 Å². The minimum absolute atomic E-state index is 0.0945. The molecule has 0 aliphatic heterocycles. The molecule has 1 rings (SSSR count). The minimum atomic E-state index is -0.671. The third-order valence-corrected chi connectivity index (χ3v) is 2.47. The normalized spacial score (nSPS) is 14.8. The van der Waals surface area contributed by atoms with Crippen LogP contribution in [0.15, 0.2) is 30.3 Å². The Morgan fingerprint density at radius 2 is 1.89 bits per heavy atom. The summed E-state index contributed by atoms with van der Waals surface area (Å²) in [5.41, 5.74) is 0.375. The van der Waals surface area contributed by atoms with Gasteiger partial charge in [-0.3, -0.25) is 4.79 Å². The fraction of sp³-hybridized carbons (Fsp3) is 0.533. The van der Waals surface area contributed by atoms with Crippen molar-refractivity contribution in [1.82, 2.24) is 5.32 Å². The molecule has 0 aromatic heterocycles. The van der Waals surface area contributed by atoms with Gasteiger partial charge in [0.25, 0.3) is 5.91 Å². The number of carbonyl (C=O) groups excluding carboxylic acids is 1. The molecule has 4 nitrogen and oxygen atoms in total. The molecule has 0 spiro atoms. The van der Waals surface area contributed by atoms with Crippen LogP contribution in [-0.4, -0.2) is 29.3 Å². The zero-order chi connectivity index (χ0) is 14.5. The van der Waals surface area contributed by atoms with Gasteiger partial charge in [0.15, 0.2) is 6.10 Å². The van der Waals surface area contributed by atoms with Gasteiger partial charge in [-0.15, -0.1) is 0 Å². The monoisotopic (exact) mass is 265 g/mol. The van der Waals surface area contributed by atoms with Gasteiger partial charge in [0, 0.05) is 6.04 Å². The number of rotatable bonds is 5. The van der Waals surface area contributed by atoms with Crippen molar-refractivity contribution in [3.63, 3.8) is 0 Å². The Morgan fingerprint density at radius 1 is 1.32 bits per heavy atom. The Labute approximate surface area is 114 Å². The van der Waals surface area contributed by atoms with Crippen molar-refractivity contribution in [2.75, 3.05) is 6.61 Å². The molecule has 2 N–H and O–H groups in total. The largest absolute Gasteiger partial charge is 0.394 e. The predicted molar refractivity (Wildman–Crippen MR) is 74.7 cm³/mol. The number of ether oxygens (including phenoxy) is 1. The highest BCUT2D eigenvalue weighted by Crippen LogP contribution is 2.24. The van der Waals surface area contributed by atoms with Gasteiger partial charge in [-0.2, -0.15) is 0 Å². The molecule has 0 fully saturated rings. The van der Waals surface area contributed by atoms with Gasteiger partial charge in [-0.1, -0.05) is 30.3 Å². The van der Waals surface area contributed by atoms with Crippen molar-refractivity contribution >= 4 is 5.91 Å². The Hall–Kier alpha value is -1.39.